The fraction of sp³-hybridized carbons (Fsp3) is 0.263. The standard InChI is InChI=1S/C13H12.2C3H7NO2/c1-3-7-12(8-4-1)11-13-9-5-2-6-10-13;2*1-2-6-3(4)5/h1-10H,11H2;2*2H2,1H3,(H2,4,5). The maximum Gasteiger partial charge on any atom is 0.404 e. The summed E-state index contributed by atoms with van der Waals surface area (Å²) in [6.07, 6.45) is -0.392. The Morgan fingerprint density at radius 1 is 0.720 bits per heavy atom. The second-order valence-corrected chi connectivity index (χ2v) is 4.65. The fourth-order valence-corrected chi connectivity index (χ4v) is 1.71. The first kappa shape index (κ1) is 22.0. The van der Waals surface area contributed by atoms with E-state index in [-0.39, 0.29) is 0 Å². The molecule has 0 saturated heterocycles. The first-order valence-corrected chi connectivity index (χ1v) is 7.91. The van der Waals surface area contributed by atoms with Crippen LogP contribution in [0.15, 0.2) is 60.7 Å². The number of nitrogens with two attached hydrogens (primary N) is 2. The number of amides is 2. The monoisotopic (exact) mass is 346 g/mol. The van der Waals surface area contributed by atoms with Crippen molar-refractivity contribution in [3.8, 4) is 0 Å². The molecule has 0 aromatic heterocycles. The van der Waals surface area contributed by atoms with Crippen LogP contribution in [0.3, 0.4) is 0 Å². The molecule has 2 rings (SSSR count). The molecule has 2 aromatic carbocycles. The maximum absolute atomic E-state index is 9.60. The van der Waals surface area contributed by atoms with Crippen molar-refractivity contribution in [1.82, 2.24) is 0 Å². The van der Waals surface area contributed by atoms with Crippen LogP contribution in [0.1, 0.15) is 25.0 Å². The zero-order chi connectivity index (χ0) is 18.9. The zero-order valence-electron chi connectivity index (χ0n) is 14.7. The highest BCUT2D eigenvalue weighted by Gasteiger charge is 1.92. The zero-order valence-corrected chi connectivity index (χ0v) is 14.7. The molecule has 0 spiro atoms. The molecule has 0 heterocycles. The molecule has 0 fully saturated rings. The summed E-state index contributed by atoms with van der Waals surface area (Å²) in [6.45, 7) is 4.11. The lowest BCUT2D eigenvalue weighted by molar-refractivity contribution is 0.162. The third-order valence-electron chi connectivity index (χ3n) is 2.67. The van der Waals surface area contributed by atoms with Crippen molar-refractivity contribution in [2.45, 2.75) is 20.3 Å². The van der Waals surface area contributed by atoms with E-state index in [0.29, 0.717) is 13.2 Å². The fourth-order valence-electron chi connectivity index (χ4n) is 1.71. The van der Waals surface area contributed by atoms with Crippen LogP contribution in [0.2, 0.25) is 0 Å². The van der Waals surface area contributed by atoms with Crippen molar-refractivity contribution >= 4 is 12.2 Å². The molecule has 0 bridgehead atoms. The van der Waals surface area contributed by atoms with E-state index in [4.69, 9.17) is 0 Å². The average Bonchev–Trinajstić information content (AvgIpc) is 2.57. The number of hydrogen-bond acceptors (Lipinski definition) is 4. The van der Waals surface area contributed by atoms with E-state index < -0.39 is 12.2 Å². The molecule has 6 heteroatoms. The van der Waals surface area contributed by atoms with Crippen molar-refractivity contribution in [2.75, 3.05) is 13.2 Å². The van der Waals surface area contributed by atoms with Crippen LogP contribution in [0.25, 0.3) is 0 Å². The van der Waals surface area contributed by atoms with Gasteiger partial charge in [-0.15, -0.1) is 0 Å². The number of primary amides is 2. The van der Waals surface area contributed by atoms with E-state index in [1.54, 1.807) is 13.8 Å². The SMILES string of the molecule is CCOC(N)=O.CCOC(N)=O.c1ccc(Cc2ccccc2)cc1. The molecular weight excluding hydrogens is 320 g/mol. The Bertz CT molecular complexity index is 535. The van der Waals surface area contributed by atoms with Gasteiger partial charge in [0.2, 0.25) is 0 Å². The lowest BCUT2D eigenvalue weighted by Gasteiger charge is -2.00. The van der Waals surface area contributed by atoms with Crippen LogP contribution in [0.4, 0.5) is 9.59 Å². The van der Waals surface area contributed by atoms with Gasteiger partial charge in [0.05, 0.1) is 13.2 Å². The van der Waals surface area contributed by atoms with Gasteiger partial charge in [0.15, 0.2) is 0 Å². The van der Waals surface area contributed by atoms with Gasteiger partial charge in [-0.3, -0.25) is 0 Å². The molecule has 0 radical (unpaired) electrons. The molecule has 25 heavy (non-hydrogen) atoms. The van der Waals surface area contributed by atoms with Gasteiger partial charge in [0.25, 0.3) is 0 Å². The molecule has 4 N–H and O–H groups in total. The van der Waals surface area contributed by atoms with E-state index in [9.17, 15) is 9.59 Å². The van der Waals surface area contributed by atoms with Crippen molar-refractivity contribution in [3.63, 3.8) is 0 Å². The van der Waals surface area contributed by atoms with Crippen molar-refractivity contribution in [2.24, 2.45) is 11.5 Å². The second-order valence-electron chi connectivity index (χ2n) is 4.65. The van der Waals surface area contributed by atoms with Crippen molar-refractivity contribution in [1.29, 1.82) is 0 Å². The Balaban J connectivity index is 0.000000406. The Labute approximate surface area is 148 Å². The minimum absolute atomic E-state index is 0.356. The van der Waals surface area contributed by atoms with Gasteiger partial charge in [-0.25, -0.2) is 9.59 Å². The second kappa shape index (κ2) is 14.6. The number of carbonyl (C=O) groups is 2. The summed E-state index contributed by atoms with van der Waals surface area (Å²) in [7, 11) is 0. The van der Waals surface area contributed by atoms with E-state index in [1.165, 1.54) is 11.1 Å². The first-order chi connectivity index (χ1) is 12.0. The van der Waals surface area contributed by atoms with Crippen LogP contribution in [-0.2, 0) is 15.9 Å². The number of ether oxygens (including phenoxy) is 2. The summed E-state index contributed by atoms with van der Waals surface area (Å²) >= 11 is 0. The molecule has 2 amide bonds. The lowest BCUT2D eigenvalue weighted by atomic mass is 10.1. The molecular formula is C19H26N2O4. The lowest BCUT2D eigenvalue weighted by Crippen LogP contribution is -2.11. The predicted molar refractivity (Wildman–Crippen MR) is 98.1 cm³/mol. The summed E-state index contributed by atoms with van der Waals surface area (Å²) < 4.78 is 8.36. The Morgan fingerprint density at radius 3 is 1.24 bits per heavy atom. The number of carbonyl (C=O) groups excluding carboxylic acids is 2. The minimum Gasteiger partial charge on any atom is -0.450 e. The van der Waals surface area contributed by atoms with Gasteiger partial charge >= 0.3 is 12.2 Å². The Hall–Kier alpha value is -3.02. The van der Waals surface area contributed by atoms with Gasteiger partial charge in [-0.1, -0.05) is 60.7 Å². The van der Waals surface area contributed by atoms with Crippen LogP contribution in [-0.4, -0.2) is 25.4 Å². The first-order valence-electron chi connectivity index (χ1n) is 7.91. The summed E-state index contributed by atoms with van der Waals surface area (Å²) in [5, 5.41) is 0. The van der Waals surface area contributed by atoms with Crippen molar-refractivity contribution in [3.05, 3.63) is 71.8 Å². The van der Waals surface area contributed by atoms with Gasteiger partial charge < -0.3 is 20.9 Å². The quantitative estimate of drug-likeness (QED) is 0.884. The summed E-state index contributed by atoms with van der Waals surface area (Å²) in [5.41, 5.74) is 11.8. The van der Waals surface area contributed by atoms with Crippen molar-refractivity contribution < 1.29 is 19.1 Å². The van der Waals surface area contributed by atoms with Crippen LogP contribution in [0, 0.1) is 0 Å². The molecule has 6 nitrogen and oxygen atoms in total. The number of hydrogen-bond donors (Lipinski definition) is 2. The minimum atomic E-state index is -0.711. The average molecular weight is 346 g/mol. The highest BCUT2D eigenvalue weighted by Crippen LogP contribution is 2.07. The third-order valence-corrected chi connectivity index (χ3v) is 2.67. The maximum atomic E-state index is 9.60. The predicted octanol–water partition coefficient (Wildman–Crippen LogP) is 3.48. The van der Waals surface area contributed by atoms with Crippen LogP contribution >= 0.6 is 0 Å². The molecule has 2 aromatic rings. The van der Waals surface area contributed by atoms with E-state index >= 15 is 0 Å². The number of benzene rings is 2. The Kier molecular flexibility index (Phi) is 12.8. The molecule has 136 valence electrons. The molecule has 0 aliphatic carbocycles. The summed E-state index contributed by atoms with van der Waals surface area (Å²) in [6, 6.07) is 21.1. The highest BCUT2D eigenvalue weighted by atomic mass is 16.5. The molecule has 0 unspecified atom stereocenters. The topological polar surface area (TPSA) is 105 Å². The van der Waals surface area contributed by atoms with Crippen LogP contribution < -0.4 is 11.5 Å². The van der Waals surface area contributed by atoms with Crippen LogP contribution in [0.5, 0.6) is 0 Å². The smallest absolute Gasteiger partial charge is 0.404 e. The number of rotatable bonds is 4. The van der Waals surface area contributed by atoms with Gasteiger partial charge in [-0.05, 0) is 31.4 Å². The Morgan fingerprint density at radius 2 is 1.04 bits per heavy atom. The molecule has 0 aliphatic rings. The normalized spacial score (nSPS) is 8.72. The molecule has 0 saturated carbocycles. The van der Waals surface area contributed by atoms with E-state index in [0.717, 1.165) is 6.42 Å². The largest absolute Gasteiger partial charge is 0.450 e. The van der Waals surface area contributed by atoms with Gasteiger partial charge in [0, 0.05) is 0 Å². The van der Waals surface area contributed by atoms with E-state index in [1.807, 2.05) is 0 Å². The highest BCUT2D eigenvalue weighted by molar-refractivity contribution is 5.64. The van der Waals surface area contributed by atoms with Gasteiger partial charge in [0.1, 0.15) is 0 Å². The summed E-state index contributed by atoms with van der Waals surface area (Å²) in [5.74, 6) is 0. The molecule has 0 aliphatic heterocycles. The van der Waals surface area contributed by atoms with Gasteiger partial charge in [-0.2, -0.15) is 0 Å². The molecule has 0 atom stereocenters. The third kappa shape index (κ3) is 14.3. The summed E-state index contributed by atoms with van der Waals surface area (Å²) in [4.78, 5) is 19.2. The van der Waals surface area contributed by atoms with E-state index in [2.05, 4.69) is 81.6 Å².